The lowest BCUT2D eigenvalue weighted by molar-refractivity contribution is -0.148. The van der Waals surface area contributed by atoms with Gasteiger partial charge in [0.25, 0.3) is 0 Å². The quantitative estimate of drug-likeness (QED) is 0.730. The molecule has 1 aliphatic rings. The number of carbonyl (C=O) groups is 1. The summed E-state index contributed by atoms with van der Waals surface area (Å²) in [5.41, 5.74) is 1.000. The standard InChI is InChI=1S/C12H15NO3/c1-15-11-5-3-4-10(13-11)8-6-9(7-8)12(14)16-2/h3-5,8-9H,6-7H2,1-2H3. The fraction of sp³-hybridized carbons (Fsp3) is 0.500. The summed E-state index contributed by atoms with van der Waals surface area (Å²) in [6.45, 7) is 0. The summed E-state index contributed by atoms with van der Waals surface area (Å²) in [7, 11) is 3.03. The van der Waals surface area contributed by atoms with Gasteiger partial charge in [-0.1, -0.05) is 6.07 Å². The van der Waals surface area contributed by atoms with Crippen molar-refractivity contribution in [3.63, 3.8) is 0 Å². The summed E-state index contributed by atoms with van der Waals surface area (Å²) < 4.78 is 9.77. The van der Waals surface area contributed by atoms with Crippen LogP contribution in [-0.4, -0.2) is 25.2 Å². The Balaban J connectivity index is 1.98. The molecule has 1 fully saturated rings. The second-order valence-electron chi connectivity index (χ2n) is 3.99. The molecule has 1 saturated carbocycles. The van der Waals surface area contributed by atoms with Gasteiger partial charge in [0.05, 0.1) is 20.1 Å². The van der Waals surface area contributed by atoms with E-state index in [0.717, 1.165) is 18.5 Å². The molecule has 0 saturated heterocycles. The molecule has 1 aromatic heterocycles. The molecule has 0 atom stereocenters. The number of aromatic nitrogens is 1. The molecule has 16 heavy (non-hydrogen) atoms. The van der Waals surface area contributed by atoms with Gasteiger partial charge in [-0.15, -0.1) is 0 Å². The predicted molar refractivity (Wildman–Crippen MR) is 58.3 cm³/mol. The maximum absolute atomic E-state index is 11.2. The molecule has 4 nitrogen and oxygen atoms in total. The number of methoxy groups -OCH3 is 2. The van der Waals surface area contributed by atoms with Gasteiger partial charge >= 0.3 is 5.97 Å². The zero-order chi connectivity index (χ0) is 11.5. The van der Waals surface area contributed by atoms with E-state index in [1.54, 1.807) is 7.11 Å². The second-order valence-corrected chi connectivity index (χ2v) is 3.99. The molecule has 1 aromatic rings. The largest absolute Gasteiger partial charge is 0.481 e. The van der Waals surface area contributed by atoms with Crippen LogP contribution >= 0.6 is 0 Å². The van der Waals surface area contributed by atoms with Crippen LogP contribution < -0.4 is 4.74 Å². The van der Waals surface area contributed by atoms with E-state index in [2.05, 4.69) is 4.98 Å². The Morgan fingerprint density at radius 2 is 2.12 bits per heavy atom. The monoisotopic (exact) mass is 221 g/mol. The fourth-order valence-corrected chi connectivity index (χ4v) is 1.99. The Bertz CT molecular complexity index is 386. The fourth-order valence-electron chi connectivity index (χ4n) is 1.99. The highest BCUT2D eigenvalue weighted by molar-refractivity contribution is 5.73. The third kappa shape index (κ3) is 2.01. The number of rotatable bonds is 3. The number of hydrogen-bond acceptors (Lipinski definition) is 4. The highest BCUT2D eigenvalue weighted by Crippen LogP contribution is 2.41. The van der Waals surface area contributed by atoms with Crippen molar-refractivity contribution in [3.8, 4) is 5.88 Å². The van der Waals surface area contributed by atoms with Crippen LogP contribution in [-0.2, 0) is 9.53 Å². The van der Waals surface area contributed by atoms with Gasteiger partial charge in [-0.05, 0) is 18.9 Å². The molecule has 0 unspecified atom stereocenters. The first-order valence-electron chi connectivity index (χ1n) is 5.33. The Kier molecular flexibility index (Phi) is 3.08. The van der Waals surface area contributed by atoms with Crippen LogP contribution in [0.2, 0.25) is 0 Å². The SMILES string of the molecule is COC(=O)C1CC(c2cccc(OC)n2)C1. The van der Waals surface area contributed by atoms with E-state index in [9.17, 15) is 4.79 Å². The van der Waals surface area contributed by atoms with E-state index in [1.807, 2.05) is 18.2 Å². The van der Waals surface area contributed by atoms with E-state index >= 15 is 0 Å². The minimum atomic E-state index is -0.112. The minimum Gasteiger partial charge on any atom is -0.481 e. The lowest BCUT2D eigenvalue weighted by Crippen LogP contribution is -2.30. The maximum Gasteiger partial charge on any atom is 0.308 e. The van der Waals surface area contributed by atoms with E-state index in [0.29, 0.717) is 11.8 Å². The average molecular weight is 221 g/mol. The van der Waals surface area contributed by atoms with Crippen molar-refractivity contribution in [2.24, 2.45) is 5.92 Å². The number of pyridine rings is 1. The Morgan fingerprint density at radius 3 is 2.75 bits per heavy atom. The number of esters is 1. The van der Waals surface area contributed by atoms with Gasteiger partial charge in [0.15, 0.2) is 0 Å². The number of carbonyl (C=O) groups excluding carboxylic acids is 1. The van der Waals surface area contributed by atoms with Crippen molar-refractivity contribution in [2.45, 2.75) is 18.8 Å². The van der Waals surface area contributed by atoms with Crippen LogP contribution in [0.4, 0.5) is 0 Å². The van der Waals surface area contributed by atoms with Gasteiger partial charge in [0.1, 0.15) is 0 Å². The molecule has 0 radical (unpaired) electrons. The maximum atomic E-state index is 11.2. The van der Waals surface area contributed by atoms with Crippen molar-refractivity contribution in [2.75, 3.05) is 14.2 Å². The molecule has 2 rings (SSSR count). The highest BCUT2D eigenvalue weighted by atomic mass is 16.5. The number of hydrogen-bond donors (Lipinski definition) is 0. The highest BCUT2D eigenvalue weighted by Gasteiger charge is 2.36. The lowest BCUT2D eigenvalue weighted by atomic mass is 9.73. The number of ether oxygens (including phenoxy) is 2. The van der Waals surface area contributed by atoms with Crippen LogP contribution in [0.3, 0.4) is 0 Å². The van der Waals surface area contributed by atoms with Crippen molar-refractivity contribution >= 4 is 5.97 Å². The van der Waals surface area contributed by atoms with Gasteiger partial charge in [-0.2, -0.15) is 0 Å². The Morgan fingerprint density at radius 1 is 1.38 bits per heavy atom. The molecule has 4 heteroatoms. The molecule has 0 aliphatic heterocycles. The third-order valence-corrected chi connectivity index (χ3v) is 3.05. The lowest BCUT2D eigenvalue weighted by Gasteiger charge is -2.32. The van der Waals surface area contributed by atoms with Crippen LogP contribution in [0.1, 0.15) is 24.5 Å². The van der Waals surface area contributed by atoms with Crippen molar-refractivity contribution in [1.82, 2.24) is 4.98 Å². The summed E-state index contributed by atoms with van der Waals surface area (Å²) in [6.07, 6.45) is 1.65. The van der Waals surface area contributed by atoms with Crippen molar-refractivity contribution in [3.05, 3.63) is 23.9 Å². The topological polar surface area (TPSA) is 48.4 Å². The summed E-state index contributed by atoms with van der Waals surface area (Å²) in [4.78, 5) is 15.6. The van der Waals surface area contributed by atoms with Crippen molar-refractivity contribution in [1.29, 1.82) is 0 Å². The smallest absolute Gasteiger partial charge is 0.308 e. The van der Waals surface area contributed by atoms with Crippen molar-refractivity contribution < 1.29 is 14.3 Å². The van der Waals surface area contributed by atoms with Gasteiger partial charge in [-0.3, -0.25) is 4.79 Å². The predicted octanol–water partition coefficient (Wildman–Crippen LogP) is 1.76. The van der Waals surface area contributed by atoms with Crippen LogP contribution in [0, 0.1) is 5.92 Å². The Hall–Kier alpha value is -1.58. The van der Waals surface area contributed by atoms with Crippen LogP contribution in [0.5, 0.6) is 5.88 Å². The zero-order valence-electron chi connectivity index (χ0n) is 9.47. The van der Waals surface area contributed by atoms with Crippen LogP contribution in [0.25, 0.3) is 0 Å². The molecule has 1 aliphatic carbocycles. The molecular formula is C12H15NO3. The van der Waals surface area contributed by atoms with Gasteiger partial charge in [0.2, 0.25) is 5.88 Å². The molecule has 1 heterocycles. The van der Waals surface area contributed by atoms with E-state index < -0.39 is 0 Å². The first-order valence-corrected chi connectivity index (χ1v) is 5.33. The first kappa shape index (κ1) is 10.9. The molecule has 0 bridgehead atoms. The third-order valence-electron chi connectivity index (χ3n) is 3.05. The van der Waals surface area contributed by atoms with Crippen LogP contribution in [0.15, 0.2) is 18.2 Å². The molecule has 0 spiro atoms. The molecule has 0 aromatic carbocycles. The second kappa shape index (κ2) is 4.51. The van der Waals surface area contributed by atoms with Gasteiger partial charge < -0.3 is 9.47 Å². The molecular weight excluding hydrogens is 206 g/mol. The normalized spacial score (nSPS) is 23.4. The average Bonchev–Trinajstić information content (AvgIpc) is 2.27. The minimum absolute atomic E-state index is 0.0444. The molecule has 0 amide bonds. The van der Waals surface area contributed by atoms with Gasteiger partial charge in [-0.25, -0.2) is 4.98 Å². The van der Waals surface area contributed by atoms with Gasteiger partial charge in [0, 0.05) is 17.7 Å². The summed E-state index contributed by atoms with van der Waals surface area (Å²) in [5, 5.41) is 0. The first-order chi connectivity index (χ1) is 7.74. The molecule has 86 valence electrons. The zero-order valence-corrected chi connectivity index (χ0v) is 9.47. The van der Waals surface area contributed by atoms with E-state index in [1.165, 1.54) is 7.11 Å². The Labute approximate surface area is 94.6 Å². The summed E-state index contributed by atoms with van der Waals surface area (Å²) >= 11 is 0. The van der Waals surface area contributed by atoms with E-state index in [-0.39, 0.29) is 11.9 Å². The summed E-state index contributed by atoms with van der Waals surface area (Å²) in [6, 6.07) is 5.72. The summed E-state index contributed by atoms with van der Waals surface area (Å²) in [5.74, 6) is 0.917. The van der Waals surface area contributed by atoms with E-state index in [4.69, 9.17) is 9.47 Å². The number of nitrogens with zero attached hydrogens (tertiary/aromatic N) is 1. The molecule has 0 N–H and O–H groups in total.